The summed E-state index contributed by atoms with van der Waals surface area (Å²) >= 11 is 0. The van der Waals surface area contributed by atoms with E-state index in [0.29, 0.717) is 0 Å². The van der Waals surface area contributed by atoms with Crippen molar-refractivity contribution >= 4 is 10.0 Å². The third kappa shape index (κ3) is 2.76. The molecule has 0 bridgehead atoms. The molecule has 0 aromatic carbocycles. The third-order valence-corrected chi connectivity index (χ3v) is 1.67. The van der Waals surface area contributed by atoms with E-state index < -0.39 is 10.0 Å². The van der Waals surface area contributed by atoms with Crippen molar-refractivity contribution in [1.29, 1.82) is 0 Å². The molecule has 8 heavy (non-hydrogen) atoms. The van der Waals surface area contributed by atoms with Gasteiger partial charge >= 0.3 is 0 Å². The fourth-order valence-electron chi connectivity index (χ4n) is 0.214. The molecule has 47 valence electrons. The Morgan fingerprint density at radius 3 is 2.25 bits per heavy atom. The Kier molecular flexibility index (Phi) is 2.71. The molecule has 0 aromatic rings. The molecule has 0 aliphatic carbocycles. The largest absolute Gasteiger partial charge is 0.215 e. The van der Waals surface area contributed by atoms with Crippen molar-refractivity contribution in [3.63, 3.8) is 0 Å². The highest BCUT2D eigenvalue weighted by Gasteiger charge is 1.99. The molecule has 0 heterocycles. The molecule has 0 aliphatic rings. The average Bonchev–Trinajstić information content (AvgIpc) is 1.67. The normalized spacial score (nSPS) is 11.1. The lowest BCUT2D eigenvalue weighted by Crippen LogP contribution is -2.18. The molecule has 0 rings (SSSR count). The summed E-state index contributed by atoms with van der Waals surface area (Å²) in [6, 6.07) is 0. The lowest BCUT2D eigenvalue weighted by Gasteiger charge is -1.93. The molecule has 4 heteroatoms. The Bertz CT molecular complexity index is 159. The van der Waals surface area contributed by atoms with Crippen LogP contribution < -0.4 is 4.72 Å². The van der Waals surface area contributed by atoms with Gasteiger partial charge in [-0.2, -0.15) is 0 Å². The highest BCUT2D eigenvalue weighted by Crippen LogP contribution is 1.80. The van der Waals surface area contributed by atoms with Crippen molar-refractivity contribution in [2.75, 3.05) is 5.75 Å². The van der Waals surface area contributed by atoms with Crippen LogP contribution in [0.1, 0.15) is 0 Å². The number of nitrogens with one attached hydrogen (secondary N) is 1. The minimum Gasteiger partial charge on any atom is -0.214 e. The zero-order chi connectivity index (χ0) is 6.62. The second kappa shape index (κ2) is 2.84. The number of sulfonamides is 1. The molecule has 3 nitrogen and oxygen atoms in total. The summed E-state index contributed by atoms with van der Waals surface area (Å²) in [6.07, 6.45) is 1.30. The Labute approximate surface area is 49.5 Å². The summed E-state index contributed by atoms with van der Waals surface area (Å²) in [7, 11) is -0.158. The van der Waals surface area contributed by atoms with Crippen LogP contribution in [0.2, 0.25) is 0 Å². The number of hydrogen-bond acceptors (Lipinski definition) is 2. The van der Waals surface area contributed by atoms with Crippen LogP contribution in [-0.2, 0) is 10.0 Å². The van der Waals surface area contributed by atoms with Gasteiger partial charge in [-0.25, -0.2) is 13.1 Å². The quantitative estimate of drug-likeness (QED) is 0.547. The van der Waals surface area contributed by atoms with Crippen molar-refractivity contribution < 1.29 is 8.42 Å². The van der Waals surface area contributed by atoms with Crippen LogP contribution in [0, 0.1) is 7.05 Å². The first-order valence-corrected chi connectivity index (χ1v) is 3.65. The first kappa shape index (κ1) is 7.65. The summed E-state index contributed by atoms with van der Waals surface area (Å²) in [5, 5.41) is 0. The van der Waals surface area contributed by atoms with E-state index in [9.17, 15) is 8.42 Å². The maximum Gasteiger partial charge on any atom is 0.215 e. The van der Waals surface area contributed by atoms with Crippen LogP contribution in [0.4, 0.5) is 0 Å². The summed E-state index contributed by atoms with van der Waals surface area (Å²) in [4.78, 5) is 0. The van der Waals surface area contributed by atoms with Gasteiger partial charge in [-0.15, -0.1) is 6.58 Å². The van der Waals surface area contributed by atoms with E-state index in [1.54, 1.807) is 0 Å². The molecular weight excluding hydrogens is 126 g/mol. The van der Waals surface area contributed by atoms with Gasteiger partial charge in [0, 0.05) is 7.05 Å². The van der Waals surface area contributed by atoms with Gasteiger partial charge in [0.1, 0.15) is 0 Å². The van der Waals surface area contributed by atoms with E-state index in [1.165, 1.54) is 6.08 Å². The Hall–Kier alpha value is -0.350. The number of rotatable bonds is 3. The van der Waals surface area contributed by atoms with Crippen LogP contribution in [-0.4, -0.2) is 14.2 Å². The fraction of sp³-hybridized carbons (Fsp3) is 0.250. The average molecular weight is 134 g/mol. The van der Waals surface area contributed by atoms with Gasteiger partial charge in [-0.1, -0.05) is 6.08 Å². The van der Waals surface area contributed by atoms with Crippen molar-refractivity contribution in [2.24, 2.45) is 0 Å². The molecule has 0 saturated heterocycles. The van der Waals surface area contributed by atoms with Gasteiger partial charge in [0.25, 0.3) is 0 Å². The Morgan fingerprint density at radius 2 is 2.12 bits per heavy atom. The fourth-order valence-corrected chi connectivity index (χ4v) is 0.642. The van der Waals surface area contributed by atoms with E-state index in [-0.39, 0.29) is 5.75 Å². The standard InChI is InChI=1S/C4H8NO2S/c1-3-4-8(6,7)5-2/h3,5H,1-2,4H2. The van der Waals surface area contributed by atoms with E-state index >= 15 is 0 Å². The van der Waals surface area contributed by atoms with Crippen molar-refractivity contribution in [3.8, 4) is 0 Å². The molecule has 0 unspecified atom stereocenters. The molecule has 1 radical (unpaired) electrons. The molecule has 0 aromatic heterocycles. The van der Waals surface area contributed by atoms with Gasteiger partial charge in [0.05, 0.1) is 5.75 Å². The van der Waals surface area contributed by atoms with E-state index in [4.69, 9.17) is 0 Å². The van der Waals surface area contributed by atoms with E-state index in [0.717, 1.165) is 0 Å². The van der Waals surface area contributed by atoms with Crippen molar-refractivity contribution in [1.82, 2.24) is 4.72 Å². The van der Waals surface area contributed by atoms with Crippen LogP contribution >= 0.6 is 0 Å². The monoisotopic (exact) mass is 134 g/mol. The van der Waals surface area contributed by atoms with Gasteiger partial charge in [-0.05, 0) is 0 Å². The first-order valence-electron chi connectivity index (χ1n) is 2.00. The Balaban J connectivity index is 3.94. The summed E-state index contributed by atoms with van der Waals surface area (Å²) < 4.78 is 22.6. The molecule has 0 amide bonds. The summed E-state index contributed by atoms with van der Waals surface area (Å²) in [5.74, 6) is -0.0729. The first-order chi connectivity index (χ1) is 3.62. The molecule has 0 saturated carbocycles. The second-order valence-electron chi connectivity index (χ2n) is 1.21. The molecule has 0 atom stereocenters. The van der Waals surface area contributed by atoms with Gasteiger partial charge in [0.15, 0.2) is 0 Å². The topological polar surface area (TPSA) is 46.2 Å². The van der Waals surface area contributed by atoms with E-state index in [2.05, 4.69) is 13.6 Å². The predicted octanol–water partition coefficient (Wildman–Crippen LogP) is -0.117. The highest BCUT2D eigenvalue weighted by atomic mass is 32.2. The predicted molar refractivity (Wildman–Crippen MR) is 32.5 cm³/mol. The van der Waals surface area contributed by atoms with Crippen LogP contribution in [0.25, 0.3) is 0 Å². The minimum absolute atomic E-state index is 0.0729. The SMILES string of the molecule is [CH2]NS(=O)(=O)CC=C. The lowest BCUT2D eigenvalue weighted by atomic mass is 10.8. The third-order valence-electron chi connectivity index (χ3n) is 0.557. The molecule has 0 fully saturated rings. The van der Waals surface area contributed by atoms with Crippen LogP contribution in [0.3, 0.4) is 0 Å². The van der Waals surface area contributed by atoms with Crippen molar-refractivity contribution in [3.05, 3.63) is 19.7 Å². The van der Waals surface area contributed by atoms with E-state index in [1.807, 2.05) is 4.72 Å². The maximum absolute atomic E-state index is 10.4. The zero-order valence-corrected chi connectivity index (χ0v) is 5.24. The molecular formula is C4H8NO2S. The summed E-state index contributed by atoms with van der Waals surface area (Å²) in [6.45, 7) is 3.25. The smallest absolute Gasteiger partial charge is 0.214 e. The second-order valence-corrected chi connectivity index (χ2v) is 3.07. The lowest BCUT2D eigenvalue weighted by molar-refractivity contribution is 0.593. The van der Waals surface area contributed by atoms with Crippen LogP contribution in [0.5, 0.6) is 0 Å². The number of hydrogen-bond donors (Lipinski definition) is 1. The summed E-state index contributed by atoms with van der Waals surface area (Å²) in [5.41, 5.74) is 0. The highest BCUT2D eigenvalue weighted by molar-refractivity contribution is 7.89. The maximum atomic E-state index is 10.4. The van der Waals surface area contributed by atoms with Gasteiger partial charge in [0.2, 0.25) is 10.0 Å². The van der Waals surface area contributed by atoms with Crippen molar-refractivity contribution in [2.45, 2.75) is 0 Å². The molecule has 0 spiro atoms. The molecule has 1 N–H and O–H groups in total. The van der Waals surface area contributed by atoms with Gasteiger partial charge in [-0.3, -0.25) is 0 Å². The minimum atomic E-state index is -3.15. The van der Waals surface area contributed by atoms with Crippen LogP contribution in [0.15, 0.2) is 12.7 Å². The Morgan fingerprint density at radius 1 is 1.62 bits per heavy atom. The zero-order valence-electron chi connectivity index (χ0n) is 4.42. The molecule has 0 aliphatic heterocycles. The van der Waals surface area contributed by atoms with Gasteiger partial charge < -0.3 is 0 Å².